The SMILES string of the molecule is CCCC1(C(=O)O)CCN(C(=O)N(C)CC(N)=O)C1. The van der Waals surface area contributed by atoms with Gasteiger partial charge in [-0.05, 0) is 12.8 Å². The van der Waals surface area contributed by atoms with Crippen LogP contribution >= 0.6 is 0 Å². The molecule has 1 rings (SSSR count). The minimum absolute atomic E-state index is 0.164. The van der Waals surface area contributed by atoms with Gasteiger partial charge in [0.2, 0.25) is 5.91 Å². The molecule has 0 saturated carbocycles. The molecule has 1 fully saturated rings. The lowest BCUT2D eigenvalue weighted by Gasteiger charge is -2.26. The number of hydrogen-bond donors (Lipinski definition) is 2. The first kappa shape index (κ1) is 15.3. The Bertz CT molecular complexity index is 385. The van der Waals surface area contributed by atoms with E-state index in [9.17, 15) is 19.5 Å². The molecular formula is C12H21N3O4. The van der Waals surface area contributed by atoms with E-state index >= 15 is 0 Å². The largest absolute Gasteiger partial charge is 0.481 e. The second kappa shape index (κ2) is 5.90. The molecule has 0 aliphatic carbocycles. The standard InChI is InChI=1S/C12H21N3O4/c1-3-4-12(10(17)18)5-6-15(8-12)11(19)14(2)7-9(13)16/h3-8H2,1-2H3,(H2,13,16)(H,17,18). The normalized spacial score (nSPS) is 22.3. The van der Waals surface area contributed by atoms with Gasteiger partial charge in [0, 0.05) is 20.1 Å². The van der Waals surface area contributed by atoms with Crippen molar-refractivity contribution in [3.05, 3.63) is 0 Å². The highest BCUT2D eigenvalue weighted by Gasteiger charge is 2.45. The van der Waals surface area contributed by atoms with Crippen LogP contribution in [0.1, 0.15) is 26.2 Å². The molecule has 0 radical (unpaired) electrons. The zero-order valence-electron chi connectivity index (χ0n) is 11.4. The van der Waals surface area contributed by atoms with Crippen molar-refractivity contribution < 1.29 is 19.5 Å². The zero-order chi connectivity index (χ0) is 14.6. The number of carbonyl (C=O) groups excluding carboxylic acids is 2. The molecular weight excluding hydrogens is 250 g/mol. The number of carboxylic acid groups (broad SMARTS) is 1. The third-order valence-corrected chi connectivity index (χ3v) is 3.53. The average Bonchev–Trinajstić information content (AvgIpc) is 2.73. The van der Waals surface area contributed by atoms with E-state index in [1.54, 1.807) is 0 Å². The highest BCUT2D eigenvalue weighted by atomic mass is 16.4. The first-order valence-electron chi connectivity index (χ1n) is 6.34. The summed E-state index contributed by atoms with van der Waals surface area (Å²) < 4.78 is 0. The molecule has 3 N–H and O–H groups in total. The summed E-state index contributed by atoms with van der Waals surface area (Å²) in [5, 5.41) is 9.35. The molecule has 108 valence electrons. The molecule has 1 atom stereocenters. The maximum atomic E-state index is 12.0. The number of aliphatic carboxylic acids is 1. The van der Waals surface area contributed by atoms with Crippen LogP contribution in [0.15, 0.2) is 0 Å². The summed E-state index contributed by atoms with van der Waals surface area (Å²) in [6, 6.07) is -0.349. The Morgan fingerprint density at radius 3 is 2.53 bits per heavy atom. The minimum atomic E-state index is -0.859. The van der Waals surface area contributed by atoms with Crippen molar-refractivity contribution in [2.45, 2.75) is 26.2 Å². The smallest absolute Gasteiger partial charge is 0.320 e. The number of urea groups is 1. The summed E-state index contributed by atoms with van der Waals surface area (Å²) in [5.41, 5.74) is 4.18. The van der Waals surface area contributed by atoms with E-state index < -0.39 is 17.3 Å². The van der Waals surface area contributed by atoms with Crippen LogP contribution in [-0.2, 0) is 9.59 Å². The third kappa shape index (κ3) is 3.36. The van der Waals surface area contributed by atoms with Crippen LogP contribution in [0, 0.1) is 5.41 Å². The van der Waals surface area contributed by atoms with Gasteiger partial charge in [-0.2, -0.15) is 0 Å². The first-order valence-corrected chi connectivity index (χ1v) is 6.34. The molecule has 0 aromatic carbocycles. The van der Waals surface area contributed by atoms with E-state index in [1.807, 2.05) is 6.92 Å². The Morgan fingerprint density at radius 1 is 1.42 bits per heavy atom. The Kier molecular flexibility index (Phi) is 4.74. The number of carbonyl (C=O) groups is 3. The van der Waals surface area contributed by atoms with Crippen molar-refractivity contribution in [3.8, 4) is 0 Å². The van der Waals surface area contributed by atoms with E-state index in [-0.39, 0.29) is 19.1 Å². The number of nitrogens with zero attached hydrogens (tertiary/aromatic N) is 2. The van der Waals surface area contributed by atoms with Crippen LogP contribution in [-0.4, -0.2) is 59.5 Å². The molecule has 1 heterocycles. The molecule has 0 bridgehead atoms. The molecule has 7 heteroatoms. The molecule has 1 aliphatic heterocycles. The van der Waals surface area contributed by atoms with Crippen molar-refractivity contribution in [3.63, 3.8) is 0 Å². The van der Waals surface area contributed by atoms with Crippen molar-refractivity contribution >= 4 is 17.9 Å². The predicted molar refractivity (Wildman–Crippen MR) is 68.4 cm³/mol. The van der Waals surface area contributed by atoms with E-state index in [2.05, 4.69) is 0 Å². The van der Waals surface area contributed by atoms with Gasteiger partial charge in [0.15, 0.2) is 0 Å². The summed E-state index contributed by atoms with van der Waals surface area (Å²) >= 11 is 0. The second-order valence-corrected chi connectivity index (χ2v) is 5.11. The number of likely N-dealkylation sites (N-methyl/N-ethyl adjacent to an activating group) is 1. The van der Waals surface area contributed by atoms with Gasteiger partial charge in [-0.3, -0.25) is 9.59 Å². The van der Waals surface area contributed by atoms with Gasteiger partial charge in [-0.1, -0.05) is 13.3 Å². The first-order chi connectivity index (χ1) is 8.82. The minimum Gasteiger partial charge on any atom is -0.481 e. The number of primary amides is 1. The molecule has 0 spiro atoms. The van der Waals surface area contributed by atoms with Crippen molar-refractivity contribution in [1.82, 2.24) is 9.80 Å². The lowest BCUT2D eigenvalue weighted by molar-refractivity contribution is -0.148. The maximum Gasteiger partial charge on any atom is 0.320 e. The van der Waals surface area contributed by atoms with Crippen LogP contribution in [0.3, 0.4) is 0 Å². The molecule has 1 aliphatic rings. The summed E-state index contributed by atoms with van der Waals surface area (Å²) in [5.74, 6) is -1.45. The number of amides is 3. The van der Waals surface area contributed by atoms with Crippen molar-refractivity contribution in [2.24, 2.45) is 11.1 Å². The highest BCUT2D eigenvalue weighted by Crippen LogP contribution is 2.35. The number of nitrogens with two attached hydrogens (primary N) is 1. The topological polar surface area (TPSA) is 104 Å². The number of likely N-dealkylation sites (tertiary alicyclic amines) is 1. The molecule has 0 aromatic heterocycles. The molecule has 7 nitrogen and oxygen atoms in total. The summed E-state index contributed by atoms with van der Waals surface area (Å²) in [6.07, 6.45) is 1.75. The van der Waals surface area contributed by atoms with Crippen molar-refractivity contribution in [1.29, 1.82) is 0 Å². The molecule has 19 heavy (non-hydrogen) atoms. The van der Waals surface area contributed by atoms with Gasteiger partial charge in [-0.25, -0.2) is 4.79 Å². The fourth-order valence-electron chi connectivity index (χ4n) is 2.54. The van der Waals surface area contributed by atoms with Crippen molar-refractivity contribution in [2.75, 3.05) is 26.7 Å². The fraction of sp³-hybridized carbons (Fsp3) is 0.750. The van der Waals surface area contributed by atoms with Gasteiger partial charge >= 0.3 is 12.0 Å². The zero-order valence-corrected chi connectivity index (χ0v) is 11.4. The van der Waals surface area contributed by atoms with Crippen LogP contribution < -0.4 is 5.73 Å². The number of hydrogen-bond acceptors (Lipinski definition) is 3. The van der Waals surface area contributed by atoms with E-state index in [0.717, 1.165) is 6.42 Å². The Morgan fingerprint density at radius 2 is 2.05 bits per heavy atom. The lowest BCUT2D eigenvalue weighted by Crippen LogP contribution is -2.45. The number of rotatable bonds is 5. The third-order valence-electron chi connectivity index (χ3n) is 3.53. The van der Waals surface area contributed by atoms with Gasteiger partial charge in [-0.15, -0.1) is 0 Å². The Hall–Kier alpha value is -1.79. The second-order valence-electron chi connectivity index (χ2n) is 5.11. The highest BCUT2D eigenvalue weighted by molar-refractivity contribution is 5.84. The summed E-state index contributed by atoms with van der Waals surface area (Å²) in [7, 11) is 1.48. The summed E-state index contributed by atoms with van der Waals surface area (Å²) in [6.45, 7) is 2.35. The Labute approximate surface area is 112 Å². The number of carboxylic acids is 1. The van der Waals surface area contributed by atoms with Crippen LogP contribution in [0.4, 0.5) is 4.79 Å². The van der Waals surface area contributed by atoms with Gasteiger partial charge in [0.05, 0.1) is 5.41 Å². The summed E-state index contributed by atoms with van der Waals surface area (Å²) in [4.78, 5) is 36.9. The monoisotopic (exact) mass is 271 g/mol. The molecule has 1 saturated heterocycles. The van der Waals surface area contributed by atoms with Gasteiger partial charge in [0.25, 0.3) is 0 Å². The van der Waals surface area contributed by atoms with E-state index in [1.165, 1.54) is 16.8 Å². The molecule has 3 amide bonds. The van der Waals surface area contributed by atoms with Gasteiger partial charge in [0.1, 0.15) is 6.54 Å². The predicted octanol–water partition coefficient (Wildman–Crippen LogP) is 0.100. The van der Waals surface area contributed by atoms with E-state index in [0.29, 0.717) is 19.4 Å². The maximum absolute atomic E-state index is 12.0. The lowest BCUT2D eigenvalue weighted by atomic mass is 9.83. The quantitative estimate of drug-likeness (QED) is 0.740. The van der Waals surface area contributed by atoms with Gasteiger partial charge < -0.3 is 20.6 Å². The fourth-order valence-corrected chi connectivity index (χ4v) is 2.54. The van der Waals surface area contributed by atoms with Crippen LogP contribution in [0.25, 0.3) is 0 Å². The molecule has 1 unspecified atom stereocenters. The molecule has 0 aromatic rings. The average molecular weight is 271 g/mol. The van der Waals surface area contributed by atoms with Crippen LogP contribution in [0.2, 0.25) is 0 Å². The van der Waals surface area contributed by atoms with Crippen LogP contribution in [0.5, 0.6) is 0 Å². The Balaban J connectivity index is 2.71. The van der Waals surface area contributed by atoms with E-state index in [4.69, 9.17) is 5.73 Å².